The molecule has 0 aromatic heterocycles. The van der Waals surface area contributed by atoms with Gasteiger partial charge in [0.25, 0.3) is 17.5 Å². The average molecular weight is 291 g/mol. The SMILES string of the molecule is CC(=O)NC(=O)CN1C(=O)c2cccc([N+](=O)[O-])c2C1=O. The summed E-state index contributed by atoms with van der Waals surface area (Å²) in [5.74, 6) is -3.22. The van der Waals surface area contributed by atoms with E-state index in [4.69, 9.17) is 0 Å². The molecule has 9 nitrogen and oxygen atoms in total. The highest BCUT2D eigenvalue weighted by Gasteiger charge is 2.41. The van der Waals surface area contributed by atoms with Crippen LogP contribution in [0.1, 0.15) is 27.6 Å². The van der Waals surface area contributed by atoms with E-state index in [0.717, 1.165) is 13.0 Å². The molecule has 1 aromatic carbocycles. The smallest absolute Gasteiger partial charge is 0.282 e. The molecule has 21 heavy (non-hydrogen) atoms. The van der Waals surface area contributed by atoms with E-state index in [1.54, 1.807) is 0 Å². The number of carbonyl (C=O) groups excluding carboxylic acids is 4. The monoisotopic (exact) mass is 291 g/mol. The fourth-order valence-corrected chi connectivity index (χ4v) is 1.99. The minimum absolute atomic E-state index is 0.134. The summed E-state index contributed by atoms with van der Waals surface area (Å²) in [6.07, 6.45) is 0. The van der Waals surface area contributed by atoms with Crippen LogP contribution in [0.5, 0.6) is 0 Å². The van der Waals surface area contributed by atoms with Crippen molar-refractivity contribution >= 4 is 29.3 Å². The van der Waals surface area contributed by atoms with Crippen LogP contribution >= 0.6 is 0 Å². The molecule has 0 saturated carbocycles. The van der Waals surface area contributed by atoms with E-state index in [1.807, 2.05) is 5.32 Å². The lowest BCUT2D eigenvalue weighted by atomic mass is 10.1. The van der Waals surface area contributed by atoms with Crippen LogP contribution in [0.25, 0.3) is 0 Å². The third kappa shape index (κ3) is 2.48. The molecule has 0 spiro atoms. The largest absolute Gasteiger partial charge is 0.295 e. The number of carbonyl (C=O) groups is 4. The number of imide groups is 2. The van der Waals surface area contributed by atoms with Crippen molar-refractivity contribution in [2.75, 3.05) is 6.54 Å². The topological polar surface area (TPSA) is 127 Å². The number of nitro groups is 1. The molecule has 0 bridgehead atoms. The second kappa shape index (κ2) is 5.12. The number of rotatable bonds is 3. The van der Waals surface area contributed by atoms with Crippen molar-refractivity contribution in [3.8, 4) is 0 Å². The van der Waals surface area contributed by atoms with Gasteiger partial charge in [-0.05, 0) is 6.07 Å². The van der Waals surface area contributed by atoms with Crippen molar-refractivity contribution in [2.24, 2.45) is 0 Å². The highest BCUT2D eigenvalue weighted by molar-refractivity contribution is 6.24. The predicted octanol–water partition coefficient (Wildman–Crippen LogP) is -0.147. The van der Waals surface area contributed by atoms with Gasteiger partial charge in [-0.1, -0.05) is 6.07 Å². The number of nitrogens with one attached hydrogen (secondary N) is 1. The molecule has 1 aliphatic rings. The van der Waals surface area contributed by atoms with Crippen LogP contribution in [0.15, 0.2) is 18.2 Å². The summed E-state index contributed by atoms with van der Waals surface area (Å²) in [4.78, 5) is 57.0. The molecule has 0 saturated heterocycles. The Balaban J connectivity index is 2.35. The van der Waals surface area contributed by atoms with E-state index < -0.39 is 40.8 Å². The summed E-state index contributed by atoms with van der Waals surface area (Å²) in [5, 5.41) is 12.8. The molecular formula is C12H9N3O6. The molecule has 1 aromatic rings. The molecule has 108 valence electrons. The number of benzene rings is 1. The highest BCUT2D eigenvalue weighted by atomic mass is 16.6. The van der Waals surface area contributed by atoms with Gasteiger partial charge in [0.2, 0.25) is 11.8 Å². The van der Waals surface area contributed by atoms with E-state index in [0.29, 0.717) is 4.90 Å². The Morgan fingerprint density at radius 3 is 2.52 bits per heavy atom. The number of amides is 4. The first-order chi connectivity index (χ1) is 9.82. The van der Waals surface area contributed by atoms with E-state index in [9.17, 15) is 29.3 Å². The number of hydrogen-bond acceptors (Lipinski definition) is 6. The van der Waals surface area contributed by atoms with Gasteiger partial charge in [-0.25, -0.2) is 0 Å². The van der Waals surface area contributed by atoms with E-state index >= 15 is 0 Å². The molecule has 0 unspecified atom stereocenters. The fraction of sp³-hybridized carbons (Fsp3) is 0.167. The van der Waals surface area contributed by atoms with Gasteiger partial charge in [0.05, 0.1) is 10.5 Å². The minimum Gasteiger partial charge on any atom is -0.295 e. The standard InChI is InChI=1S/C12H9N3O6/c1-6(16)13-9(17)5-14-11(18)7-3-2-4-8(15(20)21)10(7)12(14)19/h2-4H,5H2,1H3,(H,13,16,17). The lowest BCUT2D eigenvalue weighted by molar-refractivity contribution is -0.385. The maximum Gasteiger partial charge on any atom is 0.282 e. The molecule has 0 radical (unpaired) electrons. The van der Waals surface area contributed by atoms with Crippen LogP contribution in [-0.2, 0) is 9.59 Å². The third-order valence-electron chi connectivity index (χ3n) is 2.79. The Bertz CT molecular complexity index is 696. The Morgan fingerprint density at radius 1 is 1.29 bits per heavy atom. The Labute approximate surface area is 117 Å². The molecule has 1 heterocycles. The van der Waals surface area contributed by atoms with Gasteiger partial charge < -0.3 is 0 Å². The number of fused-ring (bicyclic) bond motifs is 1. The zero-order valence-corrected chi connectivity index (χ0v) is 10.8. The lowest BCUT2D eigenvalue weighted by Gasteiger charge is -2.12. The molecular weight excluding hydrogens is 282 g/mol. The van der Waals surface area contributed by atoms with Crippen molar-refractivity contribution in [2.45, 2.75) is 6.92 Å². The zero-order chi connectivity index (χ0) is 15.7. The zero-order valence-electron chi connectivity index (χ0n) is 10.8. The van der Waals surface area contributed by atoms with Crippen LogP contribution in [0.4, 0.5) is 5.69 Å². The molecule has 0 atom stereocenters. The van der Waals surface area contributed by atoms with E-state index in [2.05, 4.69) is 0 Å². The maximum atomic E-state index is 12.1. The van der Waals surface area contributed by atoms with Crippen LogP contribution in [0, 0.1) is 10.1 Å². The molecule has 2 rings (SSSR count). The van der Waals surface area contributed by atoms with Gasteiger partial charge in [0.1, 0.15) is 12.1 Å². The molecule has 1 N–H and O–H groups in total. The molecule has 9 heteroatoms. The highest BCUT2D eigenvalue weighted by Crippen LogP contribution is 2.30. The van der Waals surface area contributed by atoms with Crippen molar-refractivity contribution in [3.63, 3.8) is 0 Å². The first kappa shape index (κ1) is 14.3. The maximum absolute atomic E-state index is 12.1. The van der Waals surface area contributed by atoms with Gasteiger partial charge in [-0.15, -0.1) is 0 Å². The van der Waals surface area contributed by atoms with Crippen LogP contribution < -0.4 is 5.32 Å². The van der Waals surface area contributed by atoms with E-state index in [-0.39, 0.29) is 11.1 Å². The normalized spacial score (nSPS) is 13.1. The summed E-state index contributed by atoms with van der Waals surface area (Å²) >= 11 is 0. The third-order valence-corrected chi connectivity index (χ3v) is 2.79. The van der Waals surface area contributed by atoms with Crippen LogP contribution in [0.2, 0.25) is 0 Å². The first-order valence-electron chi connectivity index (χ1n) is 5.77. The summed E-state index contributed by atoms with van der Waals surface area (Å²) in [7, 11) is 0. The van der Waals surface area contributed by atoms with Gasteiger partial charge in [0, 0.05) is 13.0 Å². The van der Waals surface area contributed by atoms with Gasteiger partial charge >= 0.3 is 0 Å². The summed E-state index contributed by atoms with van der Waals surface area (Å²) < 4.78 is 0. The Morgan fingerprint density at radius 2 is 1.95 bits per heavy atom. The summed E-state index contributed by atoms with van der Waals surface area (Å²) in [5.41, 5.74) is -0.978. The van der Waals surface area contributed by atoms with Crippen LogP contribution in [0.3, 0.4) is 0 Å². The van der Waals surface area contributed by atoms with Gasteiger partial charge in [-0.2, -0.15) is 0 Å². The second-order valence-electron chi connectivity index (χ2n) is 4.26. The lowest BCUT2D eigenvalue weighted by Crippen LogP contribution is -2.41. The molecule has 0 fully saturated rings. The van der Waals surface area contributed by atoms with Gasteiger partial charge in [0.15, 0.2) is 0 Å². The molecule has 1 aliphatic heterocycles. The molecule has 0 aliphatic carbocycles. The average Bonchev–Trinajstić information content (AvgIpc) is 2.63. The second-order valence-corrected chi connectivity index (χ2v) is 4.26. The van der Waals surface area contributed by atoms with Crippen molar-refractivity contribution in [1.82, 2.24) is 10.2 Å². The number of hydrogen-bond donors (Lipinski definition) is 1. The summed E-state index contributed by atoms with van der Waals surface area (Å²) in [6, 6.07) is 3.65. The molecule has 4 amide bonds. The van der Waals surface area contributed by atoms with Crippen LogP contribution in [-0.4, -0.2) is 40.0 Å². The number of nitro benzene ring substituents is 1. The first-order valence-corrected chi connectivity index (χ1v) is 5.77. The fourth-order valence-electron chi connectivity index (χ4n) is 1.99. The van der Waals surface area contributed by atoms with E-state index in [1.165, 1.54) is 12.1 Å². The summed E-state index contributed by atoms with van der Waals surface area (Å²) in [6.45, 7) is 0.425. The van der Waals surface area contributed by atoms with Crippen molar-refractivity contribution < 1.29 is 24.1 Å². The predicted molar refractivity (Wildman–Crippen MR) is 67.3 cm³/mol. The quantitative estimate of drug-likeness (QED) is 0.469. The van der Waals surface area contributed by atoms with Crippen molar-refractivity contribution in [3.05, 3.63) is 39.4 Å². The Kier molecular flexibility index (Phi) is 3.49. The number of nitrogens with zero attached hydrogens (tertiary/aromatic N) is 2. The van der Waals surface area contributed by atoms with Crippen molar-refractivity contribution in [1.29, 1.82) is 0 Å². The Hall–Kier alpha value is -3.10. The minimum atomic E-state index is -0.930. The van der Waals surface area contributed by atoms with Gasteiger partial charge in [-0.3, -0.25) is 39.5 Å².